The molecular formula is C13H10BrClN4O2. The molecule has 1 aromatic heterocycles. The van der Waals surface area contributed by atoms with Gasteiger partial charge in [-0.25, -0.2) is 0 Å². The second-order valence-electron chi connectivity index (χ2n) is 4.00. The average Bonchev–Trinajstić information content (AvgIpc) is 2.50. The molecule has 1 aromatic carbocycles. The Hall–Kier alpha value is -2.12. The molecular weight excluding hydrogens is 360 g/mol. The van der Waals surface area contributed by atoms with Crippen LogP contribution < -0.4 is 11.1 Å². The molecule has 4 N–H and O–H groups in total. The van der Waals surface area contributed by atoms with Gasteiger partial charge in [-0.1, -0.05) is 16.8 Å². The van der Waals surface area contributed by atoms with Crippen molar-refractivity contribution < 1.29 is 10.0 Å². The number of halogens is 2. The molecule has 2 rings (SSSR count). The van der Waals surface area contributed by atoms with Crippen molar-refractivity contribution in [3.8, 4) is 0 Å². The van der Waals surface area contributed by atoms with Crippen LogP contribution in [0, 0.1) is 0 Å². The van der Waals surface area contributed by atoms with Gasteiger partial charge in [-0.3, -0.25) is 9.78 Å². The number of amides is 1. The lowest BCUT2D eigenvalue weighted by atomic mass is 10.2. The summed E-state index contributed by atoms with van der Waals surface area (Å²) in [4.78, 5) is 16.0. The van der Waals surface area contributed by atoms with Crippen LogP contribution in [0.4, 0.5) is 5.69 Å². The van der Waals surface area contributed by atoms with Crippen LogP contribution in [0.15, 0.2) is 46.2 Å². The van der Waals surface area contributed by atoms with Gasteiger partial charge in [0.15, 0.2) is 5.84 Å². The maximum Gasteiger partial charge on any atom is 0.274 e. The number of nitrogens with zero attached hydrogens (tertiary/aromatic N) is 2. The van der Waals surface area contributed by atoms with E-state index in [1.807, 2.05) is 0 Å². The fourth-order valence-corrected chi connectivity index (χ4v) is 1.93. The van der Waals surface area contributed by atoms with Crippen LogP contribution in [-0.2, 0) is 0 Å². The zero-order valence-corrected chi connectivity index (χ0v) is 12.9. The van der Waals surface area contributed by atoms with E-state index in [2.05, 4.69) is 31.4 Å². The standard InChI is InChI=1S/C13H10BrClN4O2/c14-9-3-2-8(5-10(9)15)18-13(20)11-4-1-7(6-17-11)12(16)19-21/h1-6,21H,(H2,16,19)(H,18,20). The highest BCUT2D eigenvalue weighted by molar-refractivity contribution is 9.10. The average molecular weight is 370 g/mol. The quantitative estimate of drug-likeness (QED) is 0.335. The molecule has 8 heteroatoms. The Balaban J connectivity index is 2.14. The topological polar surface area (TPSA) is 101 Å². The van der Waals surface area contributed by atoms with Crippen LogP contribution in [0.3, 0.4) is 0 Å². The second kappa shape index (κ2) is 6.55. The maximum atomic E-state index is 12.0. The number of hydrogen-bond donors (Lipinski definition) is 3. The van der Waals surface area contributed by atoms with Crippen LogP contribution in [0.25, 0.3) is 0 Å². The van der Waals surface area contributed by atoms with E-state index in [1.54, 1.807) is 18.2 Å². The van der Waals surface area contributed by atoms with Gasteiger partial charge in [0.05, 0.1) is 5.02 Å². The van der Waals surface area contributed by atoms with Crippen molar-refractivity contribution >= 4 is 45.0 Å². The summed E-state index contributed by atoms with van der Waals surface area (Å²) in [5, 5.41) is 14.6. The Bertz CT molecular complexity index is 704. The van der Waals surface area contributed by atoms with Crippen molar-refractivity contribution in [2.75, 3.05) is 5.32 Å². The minimum Gasteiger partial charge on any atom is -0.409 e. The van der Waals surface area contributed by atoms with E-state index >= 15 is 0 Å². The molecule has 0 bridgehead atoms. The van der Waals surface area contributed by atoms with Gasteiger partial charge in [-0.15, -0.1) is 0 Å². The largest absolute Gasteiger partial charge is 0.409 e. The van der Waals surface area contributed by atoms with E-state index in [1.165, 1.54) is 18.3 Å². The monoisotopic (exact) mass is 368 g/mol. The summed E-state index contributed by atoms with van der Waals surface area (Å²) >= 11 is 9.22. The van der Waals surface area contributed by atoms with Crippen LogP contribution in [0.2, 0.25) is 5.02 Å². The molecule has 21 heavy (non-hydrogen) atoms. The predicted octanol–water partition coefficient (Wildman–Crippen LogP) is 2.84. The Kier molecular flexibility index (Phi) is 4.77. The minimum atomic E-state index is -0.389. The Morgan fingerprint density at radius 2 is 2.14 bits per heavy atom. The van der Waals surface area contributed by atoms with Gasteiger partial charge in [0, 0.05) is 21.9 Å². The molecule has 1 heterocycles. The number of rotatable bonds is 3. The Labute approximate surface area is 133 Å². The van der Waals surface area contributed by atoms with Gasteiger partial charge >= 0.3 is 0 Å². The summed E-state index contributed by atoms with van der Waals surface area (Å²) in [7, 11) is 0. The number of carbonyl (C=O) groups is 1. The molecule has 2 aromatic rings. The second-order valence-corrected chi connectivity index (χ2v) is 5.26. The number of aromatic nitrogens is 1. The summed E-state index contributed by atoms with van der Waals surface area (Å²) in [6.07, 6.45) is 1.35. The lowest BCUT2D eigenvalue weighted by Gasteiger charge is -2.06. The fourth-order valence-electron chi connectivity index (χ4n) is 1.51. The van der Waals surface area contributed by atoms with Crippen LogP contribution >= 0.6 is 27.5 Å². The summed E-state index contributed by atoms with van der Waals surface area (Å²) in [6.45, 7) is 0. The number of oxime groups is 1. The normalized spacial score (nSPS) is 11.2. The maximum absolute atomic E-state index is 12.0. The molecule has 0 aliphatic rings. The molecule has 0 spiro atoms. The molecule has 0 aliphatic heterocycles. The summed E-state index contributed by atoms with van der Waals surface area (Å²) in [5.74, 6) is -0.464. The van der Waals surface area contributed by atoms with Crippen molar-refractivity contribution in [1.29, 1.82) is 0 Å². The van der Waals surface area contributed by atoms with E-state index in [0.717, 1.165) is 4.47 Å². The van der Waals surface area contributed by atoms with Crippen molar-refractivity contribution in [2.45, 2.75) is 0 Å². The van der Waals surface area contributed by atoms with Crippen LogP contribution in [0.1, 0.15) is 16.1 Å². The summed E-state index contributed by atoms with van der Waals surface area (Å²) in [6, 6.07) is 8.06. The Morgan fingerprint density at radius 1 is 1.38 bits per heavy atom. The highest BCUT2D eigenvalue weighted by Gasteiger charge is 2.09. The van der Waals surface area contributed by atoms with Gasteiger partial charge in [-0.05, 0) is 46.3 Å². The van der Waals surface area contributed by atoms with Crippen molar-refractivity contribution in [3.05, 3.63) is 57.3 Å². The molecule has 0 unspecified atom stereocenters. The first-order chi connectivity index (χ1) is 10.0. The molecule has 108 valence electrons. The van der Waals surface area contributed by atoms with Gasteiger partial charge in [0.25, 0.3) is 5.91 Å². The number of amidine groups is 1. The van der Waals surface area contributed by atoms with E-state index in [-0.39, 0.29) is 17.4 Å². The molecule has 6 nitrogen and oxygen atoms in total. The van der Waals surface area contributed by atoms with Crippen molar-refractivity contribution in [2.24, 2.45) is 10.9 Å². The van der Waals surface area contributed by atoms with Gasteiger partial charge < -0.3 is 16.3 Å². The Morgan fingerprint density at radius 3 is 2.71 bits per heavy atom. The van der Waals surface area contributed by atoms with Gasteiger partial charge in [0.2, 0.25) is 0 Å². The smallest absolute Gasteiger partial charge is 0.274 e. The number of benzene rings is 1. The van der Waals surface area contributed by atoms with Crippen molar-refractivity contribution in [1.82, 2.24) is 4.98 Å². The third kappa shape index (κ3) is 3.71. The zero-order valence-electron chi connectivity index (χ0n) is 10.5. The lowest BCUT2D eigenvalue weighted by Crippen LogP contribution is -2.16. The lowest BCUT2D eigenvalue weighted by molar-refractivity contribution is 0.102. The van der Waals surface area contributed by atoms with Gasteiger partial charge in [-0.2, -0.15) is 0 Å². The van der Waals surface area contributed by atoms with Crippen LogP contribution in [0.5, 0.6) is 0 Å². The van der Waals surface area contributed by atoms with Crippen LogP contribution in [-0.4, -0.2) is 21.9 Å². The van der Waals surface area contributed by atoms with E-state index < -0.39 is 0 Å². The first-order valence-electron chi connectivity index (χ1n) is 5.71. The van der Waals surface area contributed by atoms with Crippen molar-refractivity contribution in [3.63, 3.8) is 0 Å². The highest BCUT2D eigenvalue weighted by Crippen LogP contribution is 2.25. The van der Waals surface area contributed by atoms with E-state index in [9.17, 15) is 4.79 Å². The number of nitrogens with one attached hydrogen (secondary N) is 1. The zero-order chi connectivity index (χ0) is 15.4. The molecule has 0 atom stereocenters. The predicted molar refractivity (Wildman–Crippen MR) is 83.9 cm³/mol. The number of pyridine rings is 1. The third-order valence-corrected chi connectivity index (χ3v) is 3.81. The SMILES string of the molecule is N/C(=N/O)c1ccc(C(=O)Nc2ccc(Br)c(Cl)c2)nc1. The molecule has 0 saturated carbocycles. The third-order valence-electron chi connectivity index (χ3n) is 2.58. The molecule has 0 aliphatic carbocycles. The number of anilines is 1. The first-order valence-corrected chi connectivity index (χ1v) is 6.88. The summed E-state index contributed by atoms with van der Waals surface area (Å²) < 4.78 is 0.739. The molecule has 0 radical (unpaired) electrons. The molecule has 1 amide bonds. The minimum absolute atomic E-state index is 0.0749. The highest BCUT2D eigenvalue weighted by atomic mass is 79.9. The number of nitrogens with two attached hydrogens (primary N) is 1. The molecule has 0 saturated heterocycles. The van der Waals surface area contributed by atoms with E-state index in [4.69, 9.17) is 22.5 Å². The first kappa shape index (κ1) is 15.3. The number of hydrogen-bond acceptors (Lipinski definition) is 4. The number of carbonyl (C=O) groups excluding carboxylic acids is 1. The summed E-state index contributed by atoms with van der Waals surface area (Å²) in [5.41, 5.74) is 6.58. The van der Waals surface area contributed by atoms with E-state index in [0.29, 0.717) is 16.3 Å². The fraction of sp³-hybridized carbons (Fsp3) is 0. The van der Waals surface area contributed by atoms with Gasteiger partial charge in [0.1, 0.15) is 5.69 Å². The molecule has 0 fully saturated rings.